The largest absolute Gasteiger partial charge is 0.462 e. The Morgan fingerprint density at radius 2 is 1.62 bits per heavy atom. The van der Waals surface area contributed by atoms with Crippen LogP contribution < -0.4 is 4.74 Å². The quantitative estimate of drug-likeness (QED) is 0.582. The molecule has 0 aliphatic rings. The fourth-order valence-corrected chi connectivity index (χ4v) is 2.15. The summed E-state index contributed by atoms with van der Waals surface area (Å²) < 4.78 is 10.6. The van der Waals surface area contributed by atoms with Crippen LogP contribution in [0.1, 0.15) is 46.5 Å². The first-order valence-corrected chi connectivity index (χ1v) is 8.02. The van der Waals surface area contributed by atoms with Crippen molar-refractivity contribution in [3.63, 3.8) is 0 Å². The Balaban J connectivity index is 2.12. The summed E-state index contributed by atoms with van der Waals surface area (Å²) in [6.45, 7) is 6.36. The molecule has 0 saturated carbocycles. The number of hydrogen-bond donors (Lipinski definition) is 0. The van der Waals surface area contributed by atoms with Crippen molar-refractivity contribution in [2.45, 2.75) is 27.2 Å². The zero-order chi connectivity index (χ0) is 17.5. The molecule has 0 saturated heterocycles. The molecule has 0 unspecified atom stereocenters. The third-order valence-corrected chi connectivity index (χ3v) is 3.50. The van der Waals surface area contributed by atoms with E-state index in [4.69, 9.17) is 9.47 Å². The fraction of sp³-hybridized carbons (Fsp3) is 0.300. The summed E-state index contributed by atoms with van der Waals surface area (Å²) in [5, 5.41) is 0. The first-order chi connectivity index (χ1) is 11.5. The van der Waals surface area contributed by atoms with Gasteiger partial charge in [-0.2, -0.15) is 0 Å². The van der Waals surface area contributed by atoms with Crippen LogP contribution in [-0.4, -0.2) is 18.5 Å². The summed E-state index contributed by atoms with van der Waals surface area (Å²) in [7, 11) is 0. The molecule has 0 atom stereocenters. The van der Waals surface area contributed by atoms with Crippen molar-refractivity contribution in [2.24, 2.45) is 5.92 Å². The monoisotopic (exact) mass is 326 g/mol. The highest BCUT2D eigenvalue weighted by molar-refractivity contribution is 6.03. The van der Waals surface area contributed by atoms with Crippen molar-refractivity contribution in [3.05, 3.63) is 65.2 Å². The highest BCUT2D eigenvalue weighted by atomic mass is 16.5. The zero-order valence-electron chi connectivity index (χ0n) is 14.2. The first kappa shape index (κ1) is 17.7. The predicted octanol–water partition coefficient (Wildman–Crippen LogP) is 4.42. The molecule has 0 fully saturated rings. The Kier molecular flexibility index (Phi) is 6.13. The van der Waals surface area contributed by atoms with Gasteiger partial charge in [0.1, 0.15) is 5.75 Å². The van der Waals surface area contributed by atoms with E-state index in [1.54, 1.807) is 36.4 Å². The maximum atomic E-state index is 12.4. The maximum absolute atomic E-state index is 12.4. The van der Waals surface area contributed by atoms with Gasteiger partial charge >= 0.3 is 11.9 Å². The van der Waals surface area contributed by atoms with E-state index in [0.717, 1.165) is 12.0 Å². The maximum Gasteiger partial charge on any atom is 0.344 e. The summed E-state index contributed by atoms with van der Waals surface area (Å²) in [4.78, 5) is 24.6. The predicted molar refractivity (Wildman–Crippen MR) is 92.3 cm³/mol. The number of rotatable bonds is 6. The van der Waals surface area contributed by atoms with E-state index < -0.39 is 11.9 Å². The Bertz CT molecular complexity index is 719. The second-order valence-electron chi connectivity index (χ2n) is 6.07. The molecule has 0 radical (unpaired) electrons. The Morgan fingerprint density at radius 1 is 0.958 bits per heavy atom. The van der Waals surface area contributed by atoms with E-state index in [0.29, 0.717) is 18.3 Å². The summed E-state index contributed by atoms with van der Waals surface area (Å²) >= 11 is 0. The molecule has 4 nitrogen and oxygen atoms in total. The van der Waals surface area contributed by atoms with E-state index in [-0.39, 0.29) is 11.1 Å². The minimum atomic E-state index is -0.572. The van der Waals surface area contributed by atoms with Crippen LogP contribution in [0.4, 0.5) is 0 Å². The molecule has 2 rings (SSSR count). The van der Waals surface area contributed by atoms with Crippen molar-refractivity contribution in [3.8, 4) is 5.75 Å². The minimum Gasteiger partial charge on any atom is -0.462 e. The number of ether oxygens (including phenoxy) is 2. The Labute approximate surface area is 142 Å². The van der Waals surface area contributed by atoms with Gasteiger partial charge < -0.3 is 9.47 Å². The van der Waals surface area contributed by atoms with Crippen molar-refractivity contribution < 1.29 is 19.1 Å². The number of benzene rings is 2. The second-order valence-corrected chi connectivity index (χ2v) is 6.07. The molecule has 0 N–H and O–H groups in total. The lowest BCUT2D eigenvalue weighted by atomic mass is 10.1. The Hall–Kier alpha value is -2.62. The average molecular weight is 326 g/mol. The van der Waals surface area contributed by atoms with Crippen LogP contribution in [0.5, 0.6) is 5.75 Å². The molecule has 24 heavy (non-hydrogen) atoms. The molecule has 0 aliphatic carbocycles. The van der Waals surface area contributed by atoms with E-state index in [2.05, 4.69) is 13.8 Å². The molecular weight excluding hydrogens is 304 g/mol. The molecule has 4 heteroatoms. The highest BCUT2D eigenvalue weighted by Crippen LogP contribution is 2.17. The summed E-state index contributed by atoms with van der Waals surface area (Å²) in [6, 6.07) is 13.7. The fourth-order valence-electron chi connectivity index (χ4n) is 2.15. The van der Waals surface area contributed by atoms with Gasteiger partial charge in [-0.3, -0.25) is 0 Å². The van der Waals surface area contributed by atoms with Crippen molar-refractivity contribution in [1.29, 1.82) is 0 Å². The van der Waals surface area contributed by atoms with Gasteiger partial charge in [0.2, 0.25) is 0 Å². The number of carbonyl (C=O) groups is 2. The van der Waals surface area contributed by atoms with Gasteiger partial charge in [0.25, 0.3) is 0 Å². The van der Waals surface area contributed by atoms with Gasteiger partial charge in [-0.1, -0.05) is 38.1 Å². The van der Waals surface area contributed by atoms with Crippen molar-refractivity contribution in [1.82, 2.24) is 0 Å². The molecule has 0 aromatic heterocycles. The van der Waals surface area contributed by atoms with Crippen LogP contribution >= 0.6 is 0 Å². The Morgan fingerprint density at radius 3 is 2.25 bits per heavy atom. The van der Waals surface area contributed by atoms with Crippen LogP contribution in [0.25, 0.3) is 0 Å². The molecule has 2 aromatic carbocycles. The van der Waals surface area contributed by atoms with Crippen LogP contribution in [0.3, 0.4) is 0 Å². The third-order valence-electron chi connectivity index (χ3n) is 3.50. The lowest BCUT2D eigenvalue weighted by molar-refractivity contribution is 0.0480. The van der Waals surface area contributed by atoms with E-state index in [1.165, 1.54) is 0 Å². The van der Waals surface area contributed by atoms with Gasteiger partial charge in [0.05, 0.1) is 17.7 Å². The normalized spacial score (nSPS) is 10.5. The van der Waals surface area contributed by atoms with Crippen LogP contribution in [0.2, 0.25) is 0 Å². The number of esters is 2. The summed E-state index contributed by atoms with van der Waals surface area (Å²) in [5.41, 5.74) is 1.41. The van der Waals surface area contributed by atoms with Gasteiger partial charge in [-0.25, -0.2) is 9.59 Å². The summed E-state index contributed by atoms with van der Waals surface area (Å²) in [6.07, 6.45) is 0.779. The van der Waals surface area contributed by atoms with E-state index in [9.17, 15) is 9.59 Å². The average Bonchev–Trinajstić information content (AvgIpc) is 2.54. The molecular formula is C20H22O4. The standard InChI is InChI=1S/C20H22O4/c1-14(2)11-12-23-19(21)17-9-4-5-10-18(17)20(22)24-16-8-6-7-15(3)13-16/h4-10,13-14H,11-12H2,1-3H3. The molecule has 2 aromatic rings. The molecule has 126 valence electrons. The SMILES string of the molecule is Cc1cccc(OC(=O)c2ccccc2C(=O)OCCC(C)C)c1. The number of hydrogen-bond acceptors (Lipinski definition) is 4. The van der Waals surface area contributed by atoms with Gasteiger partial charge in [-0.05, 0) is 49.1 Å². The second kappa shape index (κ2) is 8.29. The van der Waals surface area contributed by atoms with Crippen LogP contribution in [0.15, 0.2) is 48.5 Å². The zero-order valence-corrected chi connectivity index (χ0v) is 14.2. The molecule has 0 aliphatic heterocycles. The smallest absolute Gasteiger partial charge is 0.344 e. The topological polar surface area (TPSA) is 52.6 Å². The lowest BCUT2D eigenvalue weighted by Crippen LogP contribution is -2.16. The molecule has 0 spiro atoms. The van der Waals surface area contributed by atoms with Gasteiger partial charge in [0, 0.05) is 0 Å². The van der Waals surface area contributed by atoms with Gasteiger partial charge in [-0.15, -0.1) is 0 Å². The van der Waals surface area contributed by atoms with E-state index in [1.807, 2.05) is 19.1 Å². The van der Waals surface area contributed by atoms with Crippen molar-refractivity contribution in [2.75, 3.05) is 6.61 Å². The van der Waals surface area contributed by atoms with Crippen LogP contribution in [0, 0.1) is 12.8 Å². The molecule has 0 heterocycles. The van der Waals surface area contributed by atoms with Crippen LogP contribution in [-0.2, 0) is 4.74 Å². The molecule has 0 amide bonds. The highest BCUT2D eigenvalue weighted by Gasteiger charge is 2.19. The van der Waals surface area contributed by atoms with Crippen molar-refractivity contribution >= 4 is 11.9 Å². The third kappa shape index (κ3) is 4.95. The summed E-state index contributed by atoms with van der Waals surface area (Å²) in [5.74, 6) is -0.188. The van der Waals surface area contributed by atoms with Gasteiger partial charge in [0.15, 0.2) is 0 Å². The number of aryl methyl sites for hydroxylation is 1. The lowest BCUT2D eigenvalue weighted by Gasteiger charge is -2.10. The number of carbonyl (C=O) groups excluding carboxylic acids is 2. The molecule has 0 bridgehead atoms. The first-order valence-electron chi connectivity index (χ1n) is 8.02. The van der Waals surface area contributed by atoms with E-state index >= 15 is 0 Å². The minimum absolute atomic E-state index is 0.202.